The number of ether oxygens (including phenoxy) is 1. The Labute approximate surface area is 109 Å². The van der Waals surface area contributed by atoms with E-state index in [1.807, 2.05) is 45.2 Å². The third kappa shape index (κ3) is 4.75. The van der Waals surface area contributed by atoms with Gasteiger partial charge in [0.05, 0.1) is 0 Å². The van der Waals surface area contributed by atoms with Crippen molar-refractivity contribution in [2.24, 2.45) is 0 Å². The van der Waals surface area contributed by atoms with Crippen LogP contribution in [-0.4, -0.2) is 31.6 Å². The van der Waals surface area contributed by atoms with Gasteiger partial charge in [0.25, 0.3) is 5.91 Å². The molecule has 0 fully saturated rings. The molecule has 2 unspecified atom stereocenters. The summed E-state index contributed by atoms with van der Waals surface area (Å²) in [4.78, 5) is 11.8. The summed E-state index contributed by atoms with van der Waals surface area (Å²) in [5.74, 6) is 0.614. The zero-order valence-electron chi connectivity index (χ0n) is 11.5. The first kappa shape index (κ1) is 14.5. The van der Waals surface area contributed by atoms with Crippen LogP contribution in [0.5, 0.6) is 5.75 Å². The highest BCUT2D eigenvalue weighted by atomic mass is 16.5. The highest BCUT2D eigenvalue weighted by Gasteiger charge is 2.14. The van der Waals surface area contributed by atoms with Gasteiger partial charge in [-0.1, -0.05) is 17.7 Å². The van der Waals surface area contributed by atoms with E-state index in [0.717, 1.165) is 0 Å². The summed E-state index contributed by atoms with van der Waals surface area (Å²) in [5.41, 5.74) is 1.17. The molecular weight excluding hydrogens is 228 g/mol. The lowest BCUT2D eigenvalue weighted by Gasteiger charge is -2.16. The fraction of sp³-hybridized carbons (Fsp3) is 0.500. The number of benzene rings is 1. The molecule has 1 rings (SSSR count). The normalized spacial score (nSPS) is 13.8. The molecule has 0 saturated heterocycles. The molecule has 0 aliphatic heterocycles. The average molecular weight is 250 g/mol. The van der Waals surface area contributed by atoms with Gasteiger partial charge in [0.2, 0.25) is 0 Å². The molecule has 0 aromatic heterocycles. The number of nitrogens with one attached hydrogen (secondary N) is 2. The van der Waals surface area contributed by atoms with Gasteiger partial charge in [-0.25, -0.2) is 0 Å². The number of carbonyl (C=O) groups excluding carboxylic acids is 1. The number of amides is 1. The second kappa shape index (κ2) is 7.01. The monoisotopic (exact) mass is 250 g/mol. The first-order chi connectivity index (χ1) is 8.52. The molecule has 0 aliphatic rings. The molecule has 4 nitrogen and oxygen atoms in total. The molecule has 2 atom stereocenters. The van der Waals surface area contributed by atoms with Crippen LogP contribution in [0, 0.1) is 6.92 Å². The van der Waals surface area contributed by atoms with Crippen LogP contribution in [0.3, 0.4) is 0 Å². The minimum atomic E-state index is -0.489. The number of hydrogen-bond acceptors (Lipinski definition) is 3. The molecule has 0 aliphatic carbocycles. The second-order valence-electron chi connectivity index (χ2n) is 4.51. The predicted octanol–water partition coefficient (Wildman–Crippen LogP) is 1.49. The first-order valence-electron chi connectivity index (χ1n) is 6.21. The van der Waals surface area contributed by atoms with Gasteiger partial charge in [-0.3, -0.25) is 4.79 Å². The first-order valence-corrected chi connectivity index (χ1v) is 6.21. The maximum atomic E-state index is 11.8. The molecule has 4 heteroatoms. The van der Waals surface area contributed by atoms with Crippen molar-refractivity contribution in [3.63, 3.8) is 0 Å². The summed E-state index contributed by atoms with van der Waals surface area (Å²) in [6.07, 6.45) is -0.489. The van der Waals surface area contributed by atoms with E-state index in [1.165, 1.54) is 5.56 Å². The highest BCUT2D eigenvalue weighted by Crippen LogP contribution is 2.13. The van der Waals surface area contributed by atoms with E-state index in [2.05, 4.69) is 10.6 Å². The van der Waals surface area contributed by atoms with Crippen LogP contribution < -0.4 is 15.4 Å². The van der Waals surface area contributed by atoms with Crippen molar-refractivity contribution in [1.82, 2.24) is 10.6 Å². The summed E-state index contributed by atoms with van der Waals surface area (Å²) >= 11 is 0. The van der Waals surface area contributed by atoms with Crippen LogP contribution in [-0.2, 0) is 4.79 Å². The Balaban J connectivity index is 2.42. The largest absolute Gasteiger partial charge is 0.481 e. The van der Waals surface area contributed by atoms with Gasteiger partial charge >= 0.3 is 0 Å². The molecule has 2 N–H and O–H groups in total. The standard InChI is InChI=1S/C14H22N2O2/c1-10-5-7-13(8-6-10)18-12(3)14(17)16-9-11(2)15-4/h5-8,11-12,15H,9H2,1-4H3,(H,16,17). The van der Waals surface area contributed by atoms with Gasteiger partial charge in [0.1, 0.15) is 5.75 Å². The van der Waals surface area contributed by atoms with Crippen LogP contribution in [0.4, 0.5) is 0 Å². The highest BCUT2D eigenvalue weighted by molar-refractivity contribution is 5.80. The van der Waals surface area contributed by atoms with Gasteiger partial charge in [0.15, 0.2) is 6.10 Å². The second-order valence-corrected chi connectivity index (χ2v) is 4.51. The van der Waals surface area contributed by atoms with Gasteiger partial charge in [-0.2, -0.15) is 0 Å². The van der Waals surface area contributed by atoms with Crippen LogP contribution in [0.25, 0.3) is 0 Å². The maximum Gasteiger partial charge on any atom is 0.260 e. The fourth-order valence-corrected chi connectivity index (χ4v) is 1.37. The van der Waals surface area contributed by atoms with Crippen LogP contribution in [0.15, 0.2) is 24.3 Å². The lowest BCUT2D eigenvalue weighted by molar-refractivity contribution is -0.127. The Morgan fingerprint density at radius 2 is 1.89 bits per heavy atom. The SMILES string of the molecule is CNC(C)CNC(=O)C(C)Oc1ccc(C)cc1. The van der Waals surface area contributed by atoms with E-state index < -0.39 is 6.10 Å². The lowest BCUT2D eigenvalue weighted by Crippen LogP contribution is -2.42. The molecule has 0 heterocycles. The van der Waals surface area contributed by atoms with E-state index in [-0.39, 0.29) is 11.9 Å². The molecule has 100 valence electrons. The Bertz CT molecular complexity index is 376. The van der Waals surface area contributed by atoms with Crippen LogP contribution in [0.1, 0.15) is 19.4 Å². The third-order valence-electron chi connectivity index (χ3n) is 2.78. The van der Waals surface area contributed by atoms with Crippen molar-refractivity contribution in [1.29, 1.82) is 0 Å². The van der Waals surface area contributed by atoms with Crippen LogP contribution in [0.2, 0.25) is 0 Å². The summed E-state index contributed by atoms with van der Waals surface area (Å²) < 4.78 is 5.56. The summed E-state index contributed by atoms with van der Waals surface area (Å²) in [6, 6.07) is 7.91. The average Bonchev–Trinajstić information content (AvgIpc) is 2.38. The zero-order chi connectivity index (χ0) is 13.5. The number of likely N-dealkylation sites (N-methyl/N-ethyl adjacent to an activating group) is 1. The van der Waals surface area contributed by atoms with Gasteiger partial charge in [-0.05, 0) is 40.0 Å². The van der Waals surface area contributed by atoms with E-state index in [1.54, 1.807) is 6.92 Å². The van der Waals surface area contributed by atoms with E-state index >= 15 is 0 Å². The quantitative estimate of drug-likeness (QED) is 0.804. The summed E-state index contributed by atoms with van der Waals surface area (Å²) in [7, 11) is 1.86. The molecular formula is C14H22N2O2. The molecule has 1 aromatic carbocycles. The van der Waals surface area contributed by atoms with Crippen molar-refractivity contribution in [3.05, 3.63) is 29.8 Å². The van der Waals surface area contributed by atoms with Crippen molar-refractivity contribution < 1.29 is 9.53 Å². The molecule has 18 heavy (non-hydrogen) atoms. The predicted molar refractivity (Wildman–Crippen MR) is 72.8 cm³/mol. The number of hydrogen-bond donors (Lipinski definition) is 2. The Morgan fingerprint density at radius 1 is 1.28 bits per heavy atom. The molecule has 0 bridgehead atoms. The van der Waals surface area contributed by atoms with Crippen LogP contribution >= 0.6 is 0 Å². The Morgan fingerprint density at radius 3 is 2.44 bits per heavy atom. The maximum absolute atomic E-state index is 11.8. The van der Waals surface area contributed by atoms with E-state index in [0.29, 0.717) is 12.3 Å². The van der Waals surface area contributed by atoms with Gasteiger partial charge in [0, 0.05) is 12.6 Å². The third-order valence-corrected chi connectivity index (χ3v) is 2.78. The Kier molecular flexibility index (Phi) is 5.65. The minimum Gasteiger partial charge on any atom is -0.481 e. The molecule has 1 amide bonds. The number of aryl methyl sites for hydroxylation is 1. The summed E-state index contributed by atoms with van der Waals surface area (Å²) in [6.45, 7) is 6.36. The van der Waals surface area contributed by atoms with Crippen molar-refractivity contribution in [2.45, 2.75) is 32.9 Å². The zero-order valence-corrected chi connectivity index (χ0v) is 11.5. The molecule has 1 aromatic rings. The molecule has 0 spiro atoms. The van der Waals surface area contributed by atoms with Crippen molar-refractivity contribution >= 4 is 5.91 Å². The van der Waals surface area contributed by atoms with Gasteiger partial charge in [-0.15, -0.1) is 0 Å². The van der Waals surface area contributed by atoms with E-state index in [9.17, 15) is 4.79 Å². The van der Waals surface area contributed by atoms with Crippen molar-refractivity contribution in [3.8, 4) is 5.75 Å². The summed E-state index contributed by atoms with van der Waals surface area (Å²) in [5, 5.41) is 5.90. The topological polar surface area (TPSA) is 50.4 Å². The van der Waals surface area contributed by atoms with E-state index in [4.69, 9.17) is 4.74 Å². The number of carbonyl (C=O) groups is 1. The lowest BCUT2D eigenvalue weighted by atomic mass is 10.2. The smallest absolute Gasteiger partial charge is 0.260 e. The minimum absolute atomic E-state index is 0.0994. The number of rotatable bonds is 6. The fourth-order valence-electron chi connectivity index (χ4n) is 1.37. The van der Waals surface area contributed by atoms with Crippen molar-refractivity contribution in [2.75, 3.05) is 13.6 Å². The van der Waals surface area contributed by atoms with Gasteiger partial charge < -0.3 is 15.4 Å². The Hall–Kier alpha value is -1.55. The molecule has 0 radical (unpaired) electrons. The molecule has 0 saturated carbocycles.